The summed E-state index contributed by atoms with van der Waals surface area (Å²) in [7, 11) is -0.355. The van der Waals surface area contributed by atoms with E-state index in [1.54, 1.807) is 7.11 Å². The van der Waals surface area contributed by atoms with Gasteiger partial charge >= 0.3 is 0 Å². The highest BCUT2D eigenvalue weighted by atomic mass is 28.4. The number of benzene rings is 1. The summed E-state index contributed by atoms with van der Waals surface area (Å²) in [5.74, 6) is -0.669. The molecule has 2 aromatic rings. The second-order valence-electron chi connectivity index (χ2n) is 11.2. The first-order valence-corrected chi connectivity index (χ1v) is 15.3. The van der Waals surface area contributed by atoms with Crippen molar-refractivity contribution in [2.24, 2.45) is 5.92 Å². The second kappa shape index (κ2) is 10.1. The van der Waals surface area contributed by atoms with Gasteiger partial charge < -0.3 is 24.3 Å². The van der Waals surface area contributed by atoms with Crippen molar-refractivity contribution in [3.63, 3.8) is 0 Å². The molecule has 1 aromatic heterocycles. The molecule has 1 heterocycles. The van der Waals surface area contributed by atoms with E-state index >= 15 is 4.39 Å². The molecule has 0 radical (unpaired) electrons. The van der Waals surface area contributed by atoms with Gasteiger partial charge in [0.1, 0.15) is 12.4 Å². The molecule has 1 aromatic carbocycles. The van der Waals surface area contributed by atoms with Crippen molar-refractivity contribution in [3.05, 3.63) is 47.5 Å². The van der Waals surface area contributed by atoms with E-state index in [4.69, 9.17) is 13.9 Å². The Morgan fingerprint density at radius 1 is 1.14 bits per heavy atom. The largest absolute Gasteiger partial charge is 0.472 e. The molecule has 192 valence electrons. The van der Waals surface area contributed by atoms with E-state index in [9.17, 15) is 5.11 Å². The molecule has 5 atom stereocenters. The Kier molecular flexibility index (Phi) is 7.52. The van der Waals surface area contributed by atoms with Crippen molar-refractivity contribution < 1.29 is 23.4 Å². The average molecular weight is 504 g/mol. The molecule has 2 aliphatic carbocycles. The third-order valence-corrected chi connectivity index (χ3v) is 12.4. The first kappa shape index (κ1) is 26.0. The van der Waals surface area contributed by atoms with Crippen molar-refractivity contribution in [2.75, 3.05) is 19.0 Å². The molecular formula is C26H38FN3O4Si. The summed E-state index contributed by atoms with van der Waals surface area (Å²) in [4.78, 5) is 8.22. The maximum Gasteiger partial charge on any atom is 0.256 e. The zero-order valence-electron chi connectivity index (χ0n) is 21.5. The Bertz CT molecular complexity index is 1030. The number of anilines is 1. The Hall–Kier alpha value is -2.07. The number of hydrogen-bond acceptors (Lipinski definition) is 7. The quantitative estimate of drug-likeness (QED) is 0.497. The number of fused-ring (bicyclic) bond motifs is 1. The highest BCUT2D eigenvalue weighted by molar-refractivity contribution is 6.74. The number of nitrogens with zero attached hydrogens (tertiary/aromatic N) is 2. The summed E-state index contributed by atoms with van der Waals surface area (Å²) in [5, 5.41) is 13.2. The topological polar surface area (TPSA) is 85.7 Å². The van der Waals surface area contributed by atoms with E-state index in [1.165, 1.54) is 11.9 Å². The molecule has 2 N–H and O–H groups in total. The minimum Gasteiger partial charge on any atom is -0.472 e. The number of hydrogen-bond donors (Lipinski definition) is 2. The number of nitrogens with one attached hydrogen (secondary N) is 1. The third-order valence-electron chi connectivity index (χ3n) is 7.89. The highest BCUT2D eigenvalue weighted by Gasteiger charge is 2.44. The fraction of sp³-hybridized carbons (Fsp3) is 0.615. The van der Waals surface area contributed by atoms with Crippen LogP contribution in [0.4, 0.5) is 10.2 Å². The van der Waals surface area contributed by atoms with E-state index in [1.807, 2.05) is 18.2 Å². The smallest absolute Gasteiger partial charge is 0.256 e. The monoisotopic (exact) mass is 503 g/mol. The van der Waals surface area contributed by atoms with Gasteiger partial charge in [0.25, 0.3) is 5.88 Å². The lowest BCUT2D eigenvalue weighted by Crippen LogP contribution is -2.45. The summed E-state index contributed by atoms with van der Waals surface area (Å²) in [6, 6.07) is 7.83. The molecule has 4 rings (SSSR count). The van der Waals surface area contributed by atoms with Gasteiger partial charge in [0.05, 0.1) is 18.2 Å². The highest BCUT2D eigenvalue weighted by Crippen LogP contribution is 2.42. The summed E-state index contributed by atoms with van der Waals surface area (Å²) in [6.07, 6.45) is 2.70. The van der Waals surface area contributed by atoms with Crippen molar-refractivity contribution >= 4 is 14.1 Å². The Balaban J connectivity index is 1.48. The van der Waals surface area contributed by atoms with Crippen LogP contribution in [0.2, 0.25) is 18.1 Å². The van der Waals surface area contributed by atoms with Crippen molar-refractivity contribution in [1.82, 2.24) is 9.97 Å². The van der Waals surface area contributed by atoms with Gasteiger partial charge in [0, 0.05) is 32.5 Å². The summed E-state index contributed by atoms with van der Waals surface area (Å²) in [6.45, 7) is 11.0. The Labute approximate surface area is 208 Å². The number of methoxy groups -OCH3 is 1. The van der Waals surface area contributed by atoms with Gasteiger partial charge in [-0.25, -0.2) is 4.98 Å². The lowest BCUT2D eigenvalue weighted by Gasteiger charge is -2.39. The third kappa shape index (κ3) is 5.38. The molecule has 1 fully saturated rings. The number of aliphatic hydroxyl groups excluding tert-OH is 1. The molecule has 0 aliphatic heterocycles. The van der Waals surface area contributed by atoms with Gasteiger partial charge in [-0.05, 0) is 35.7 Å². The van der Waals surface area contributed by atoms with Crippen LogP contribution < -0.4 is 10.1 Å². The van der Waals surface area contributed by atoms with Crippen molar-refractivity contribution in [3.8, 4) is 5.88 Å². The number of aromatic nitrogens is 2. The lowest BCUT2D eigenvalue weighted by molar-refractivity contribution is 0.0956. The standard InChI is InChI=1S/C26H38FN3O4Si/c1-26(2,3)35(5,6)34-20-13-18(11-17(20)14-31)33-25-22(27)24(28-15-29-25)30-23-19-10-8-7-9-16(19)12-21(23)32-4/h7-10,15,17-18,20-21,23,31H,11-14H2,1-6H3,(H,28,29,30)/t17-,18+,20+,21-,23+/m0/s1. The fourth-order valence-electron chi connectivity index (χ4n) is 4.82. The van der Waals surface area contributed by atoms with Gasteiger partial charge in [0.2, 0.25) is 5.82 Å². The van der Waals surface area contributed by atoms with Gasteiger partial charge in [-0.2, -0.15) is 9.37 Å². The van der Waals surface area contributed by atoms with Crippen LogP contribution in [0.3, 0.4) is 0 Å². The van der Waals surface area contributed by atoms with Crippen LogP contribution in [-0.2, 0) is 15.6 Å². The number of halogens is 1. The van der Waals surface area contributed by atoms with E-state index in [-0.39, 0.29) is 53.6 Å². The molecule has 7 nitrogen and oxygen atoms in total. The minimum absolute atomic E-state index is 0.0116. The summed E-state index contributed by atoms with van der Waals surface area (Å²) >= 11 is 0. The predicted molar refractivity (Wildman–Crippen MR) is 136 cm³/mol. The van der Waals surface area contributed by atoms with Crippen LogP contribution in [0.25, 0.3) is 0 Å². The van der Waals surface area contributed by atoms with E-state index in [0.717, 1.165) is 12.0 Å². The number of aliphatic hydroxyl groups is 1. The molecule has 2 aliphatic rings. The van der Waals surface area contributed by atoms with Crippen LogP contribution >= 0.6 is 0 Å². The van der Waals surface area contributed by atoms with Crippen LogP contribution in [-0.4, -0.2) is 55.4 Å². The zero-order chi connectivity index (χ0) is 25.4. The number of rotatable bonds is 8. The van der Waals surface area contributed by atoms with Crippen molar-refractivity contribution in [1.29, 1.82) is 0 Å². The summed E-state index contributed by atoms with van der Waals surface area (Å²) in [5.41, 5.74) is 2.25. The molecule has 35 heavy (non-hydrogen) atoms. The molecule has 1 saturated carbocycles. The van der Waals surface area contributed by atoms with Gasteiger partial charge in [-0.1, -0.05) is 45.0 Å². The van der Waals surface area contributed by atoms with Gasteiger partial charge in [-0.3, -0.25) is 0 Å². The first-order valence-electron chi connectivity index (χ1n) is 12.4. The fourth-order valence-corrected chi connectivity index (χ4v) is 6.21. The van der Waals surface area contributed by atoms with Crippen LogP contribution in [0, 0.1) is 11.7 Å². The molecule has 0 saturated heterocycles. The molecule has 0 unspecified atom stereocenters. The molecule has 9 heteroatoms. The lowest BCUT2D eigenvalue weighted by atomic mass is 10.1. The maximum atomic E-state index is 15.5. The average Bonchev–Trinajstić information content (AvgIpc) is 3.35. The van der Waals surface area contributed by atoms with Crippen LogP contribution in [0.15, 0.2) is 30.6 Å². The van der Waals surface area contributed by atoms with Crippen LogP contribution in [0.1, 0.15) is 50.8 Å². The van der Waals surface area contributed by atoms with Gasteiger partial charge in [-0.15, -0.1) is 0 Å². The van der Waals surface area contributed by atoms with E-state index in [2.05, 4.69) is 55.2 Å². The molecule has 0 amide bonds. The predicted octanol–water partition coefficient (Wildman–Crippen LogP) is 4.88. The molecular weight excluding hydrogens is 465 g/mol. The SMILES string of the molecule is CO[C@H]1Cc2ccccc2[C@H]1Nc1ncnc(O[C@@H]2C[C@@H](CO)[C@H](O[Si](C)(C)C(C)(C)C)C2)c1F. The van der Waals surface area contributed by atoms with Crippen molar-refractivity contribution in [2.45, 2.75) is 82.5 Å². The molecule has 0 bridgehead atoms. The zero-order valence-corrected chi connectivity index (χ0v) is 22.5. The Morgan fingerprint density at radius 3 is 2.57 bits per heavy atom. The maximum absolute atomic E-state index is 15.5. The van der Waals surface area contributed by atoms with E-state index in [0.29, 0.717) is 12.8 Å². The number of ether oxygens (including phenoxy) is 2. The Morgan fingerprint density at radius 2 is 1.89 bits per heavy atom. The van der Waals surface area contributed by atoms with Gasteiger partial charge in [0.15, 0.2) is 14.1 Å². The minimum atomic E-state index is -2.02. The molecule has 0 spiro atoms. The summed E-state index contributed by atoms with van der Waals surface area (Å²) < 4.78 is 33.7. The second-order valence-corrected chi connectivity index (χ2v) is 16.0. The van der Waals surface area contributed by atoms with Crippen LogP contribution in [0.5, 0.6) is 5.88 Å². The first-order chi connectivity index (χ1) is 16.5. The van der Waals surface area contributed by atoms with E-state index < -0.39 is 14.1 Å². The normalized spacial score (nSPS) is 26.6.